The monoisotopic (exact) mass is 439 g/mol. The van der Waals surface area contributed by atoms with Gasteiger partial charge in [-0.05, 0) is 61.1 Å². The summed E-state index contributed by atoms with van der Waals surface area (Å²) in [5.74, 6) is 0.823. The third kappa shape index (κ3) is 5.57. The minimum absolute atomic E-state index is 0.528. The van der Waals surface area contributed by atoms with Crippen molar-refractivity contribution in [1.82, 2.24) is 9.97 Å². The van der Waals surface area contributed by atoms with E-state index in [0.29, 0.717) is 6.61 Å². The van der Waals surface area contributed by atoms with E-state index in [-0.39, 0.29) is 0 Å². The van der Waals surface area contributed by atoms with E-state index in [1.54, 1.807) is 0 Å². The van der Waals surface area contributed by atoms with Crippen molar-refractivity contribution in [2.45, 2.75) is 64.4 Å². The normalized spacial score (nSPS) is 18.4. The lowest BCUT2D eigenvalue weighted by Gasteiger charge is -2.08. The number of rotatable bonds is 5. The van der Waals surface area contributed by atoms with Crippen molar-refractivity contribution in [3.8, 4) is 0 Å². The minimum Gasteiger partial charge on any atom is -0.487 e. The van der Waals surface area contributed by atoms with Crippen molar-refractivity contribution in [3.05, 3.63) is 100 Å². The number of fused-ring (bicyclic) bond motifs is 2. The summed E-state index contributed by atoms with van der Waals surface area (Å²) in [5.41, 5.74) is 7.89. The molecule has 0 unspecified atom stereocenters. The van der Waals surface area contributed by atoms with Crippen LogP contribution in [0.25, 0.3) is 6.08 Å². The van der Waals surface area contributed by atoms with Crippen LogP contribution < -0.4 is 0 Å². The second-order valence-electron chi connectivity index (χ2n) is 9.10. The quantitative estimate of drug-likeness (QED) is 0.437. The van der Waals surface area contributed by atoms with Crippen LogP contribution in [0.5, 0.6) is 0 Å². The molecule has 2 aromatic heterocycles. The van der Waals surface area contributed by atoms with Crippen LogP contribution in [-0.4, -0.2) is 15.7 Å². The lowest BCUT2D eigenvalue weighted by Crippen LogP contribution is -1.95. The first-order valence-corrected chi connectivity index (χ1v) is 12.4. The maximum Gasteiger partial charge on any atom is 0.147 e. The average molecular weight is 440 g/mol. The highest BCUT2D eigenvalue weighted by Gasteiger charge is 2.19. The van der Waals surface area contributed by atoms with E-state index in [9.17, 15) is 0 Å². The van der Waals surface area contributed by atoms with Gasteiger partial charge in [0.1, 0.15) is 18.1 Å². The van der Waals surface area contributed by atoms with Gasteiger partial charge < -0.3 is 14.7 Å². The topological polar surface area (TPSA) is 53.2 Å². The predicted octanol–water partition coefficient (Wildman–Crippen LogP) is 7.12. The second kappa shape index (κ2) is 10.6. The van der Waals surface area contributed by atoms with Gasteiger partial charge >= 0.3 is 0 Å². The second-order valence-corrected chi connectivity index (χ2v) is 9.10. The summed E-state index contributed by atoms with van der Waals surface area (Å²) in [4.78, 5) is 11.9. The molecule has 3 aromatic rings. The fourth-order valence-electron chi connectivity index (χ4n) is 4.70. The van der Waals surface area contributed by atoms with Gasteiger partial charge in [0.25, 0.3) is 0 Å². The molecule has 0 amide bonds. The number of nitrogens with zero attached hydrogens (tertiary/aromatic N) is 1. The number of hydrogen-bond donors (Lipinski definition) is 2. The van der Waals surface area contributed by atoms with Crippen molar-refractivity contribution >= 4 is 11.8 Å². The number of benzene rings is 1. The molecule has 2 N–H and O–H groups in total. The molecule has 2 bridgehead atoms. The largest absolute Gasteiger partial charge is 0.487 e. The van der Waals surface area contributed by atoms with Gasteiger partial charge in [0, 0.05) is 23.7 Å². The van der Waals surface area contributed by atoms with E-state index in [0.717, 1.165) is 41.3 Å². The number of aliphatic imine (C=N–C) groups is 1. The van der Waals surface area contributed by atoms with Gasteiger partial charge in [-0.15, -0.1) is 0 Å². The molecule has 1 aliphatic carbocycles. The minimum atomic E-state index is 0.528. The Kier molecular flexibility index (Phi) is 6.90. The van der Waals surface area contributed by atoms with Crippen LogP contribution in [0.1, 0.15) is 73.2 Å². The van der Waals surface area contributed by atoms with Crippen LogP contribution in [0.15, 0.2) is 77.3 Å². The molecule has 4 heteroatoms. The number of aryl methyl sites for hydroxylation is 2. The molecule has 0 spiro atoms. The van der Waals surface area contributed by atoms with Crippen LogP contribution in [0.2, 0.25) is 0 Å². The molecule has 33 heavy (non-hydrogen) atoms. The van der Waals surface area contributed by atoms with Crippen molar-refractivity contribution in [2.75, 3.05) is 0 Å². The molecule has 2 aliphatic rings. The number of allylic oxidation sites excluding steroid dienone is 1. The Morgan fingerprint density at radius 2 is 1.67 bits per heavy atom. The fraction of sp³-hybridized carbons (Fsp3) is 0.345. The van der Waals surface area contributed by atoms with E-state index in [2.05, 4.69) is 34.2 Å². The highest BCUT2D eigenvalue weighted by molar-refractivity contribution is 6.11. The Balaban J connectivity index is 1.43. The Bertz CT molecular complexity index is 1130. The smallest absolute Gasteiger partial charge is 0.147 e. The molecule has 170 valence electrons. The zero-order valence-corrected chi connectivity index (χ0v) is 19.3. The van der Waals surface area contributed by atoms with Gasteiger partial charge in [-0.3, -0.25) is 0 Å². The average Bonchev–Trinajstić information content (AvgIpc) is 3.57. The van der Waals surface area contributed by atoms with Crippen molar-refractivity contribution in [3.63, 3.8) is 0 Å². The Labute approximate surface area is 196 Å². The first kappa shape index (κ1) is 21.6. The molecular weight excluding hydrogens is 406 g/mol. The first-order chi connectivity index (χ1) is 16.3. The molecule has 4 nitrogen and oxygen atoms in total. The van der Waals surface area contributed by atoms with E-state index in [1.165, 1.54) is 61.9 Å². The first-order valence-electron chi connectivity index (χ1n) is 12.4. The molecule has 0 atom stereocenters. The zero-order chi connectivity index (χ0) is 22.3. The summed E-state index contributed by atoms with van der Waals surface area (Å²) >= 11 is 0. The van der Waals surface area contributed by atoms with Crippen LogP contribution in [0, 0.1) is 0 Å². The summed E-state index contributed by atoms with van der Waals surface area (Å²) in [6.07, 6.45) is 17.7. The van der Waals surface area contributed by atoms with Crippen molar-refractivity contribution < 1.29 is 4.74 Å². The summed E-state index contributed by atoms with van der Waals surface area (Å²) in [5, 5.41) is 0. The molecular formula is C29H33N3O. The molecule has 3 heterocycles. The van der Waals surface area contributed by atoms with Gasteiger partial charge in [-0.25, -0.2) is 4.99 Å². The van der Waals surface area contributed by atoms with Gasteiger partial charge in [-0.1, -0.05) is 62.4 Å². The Morgan fingerprint density at radius 1 is 0.879 bits per heavy atom. The van der Waals surface area contributed by atoms with Gasteiger partial charge in [0.05, 0.1) is 11.4 Å². The number of hydrogen-bond acceptors (Lipinski definition) is 2. The van der Waals surface area contributed by atoms with E-state index < -0.39 is 0 Å². The SMILES string of the molecule is C(=C1N=C(c2ccc[nH]2)C=C1OCc1ccccc1)c1[nH]c2cc1CCCCCCCCC2. The summed E-state index contributed by atoms with van der Waals surface area (Å²) in [6, 6.07) is 16.7. The van der Waals surface area contributed by atoms with Crippen LogP contribution in [0.4, 0.5) is 0 Å². The van der Waals surface area contributed by atoms with Crippen molar-refractivity contribution in [1.29, 1.82) is 0 Å². The number of aromatic nitrogens is 2. The molecule has 1 aromatic carbocycles. The Hall–Kier alpha value is -3.27. The maximum atomic E-state index is 6.27. The number of ether oxygens (including phenoxy) is 1. The zero-order valence-electron chi connectivity index (χ0n) is 19.3. The summed E-state index contributed by atoms with van der Waals surface area (Å²) < 4.78 is 6.27. The fourth-order valence-corrected chi connectivity index (χ4v) is 4.70. The van der Waals surface area contributed by atoms with Crippen molar-refractivity contribution in [2.24, 2.45) is 4.99 Å². The third-order valence-electron chi connectivity index (χ3n) is 6.54. The third-order valence-corrected chi connectivity index (χ3v) is 6.54. The van der Waals surface area contributed by atoms with Gasteiger partial charge in [-0.2, -0.15) is 0 Å². The van der Waals surface area contributed by atoms with Gasteiger partial charge in [0.15, 0.2) is 0 Å². The standard InChI is InChI=1S/C29H33N3O/c1-2-4-9-14-23-18-24(15-10-5-3-1)31-26(23)19-28-29(33-21-22-12-7-6-8-13-22)20-27(32-28)25-16-11-17-30-25/h6-8,11-13,16-20,30-31H,1-5,9-10,14-15,21H2. The van der Waals surface area contributed by atoms with E-state index >= 15 is 0 Å². The number of H-pyrrole nitrogens is 2. The highest BCUT2D eigenvalue weighted by Crippen LogP contribution is 2.28. The molecule has 0 fully saturated rings. The van der Waals surface area contributed by atoms with E-state index in [4.69, 9.17) is 9.73 Å². The molecule has 1 aliphatic heterocycles. The molecule has 0 radical (unpaired) electrons. The van der Waals surface area contributed by atoms with Crippen LogP contribution in [0.3, 0.4) is 0 Å². The van der Waals surface area contributed by atoms with Crippen LogP contribution >= 0.6 is 0 Å². The molecule has 0 saturated carbocycles. The molecule has 0 saturated heterocycles. The number of aromatic amines is 2. The maximum absolute atomic E-state index is 6.27. The lowest BCUT2D eigenvalue weighted by atomic mass is 10.0. The predicted molar refractivity (Wildman–Crippen MR) is 135 cm³/mol. The molecule has 5 rings (SSSR count). The number of nitrogens with one attached hydrogen (secondary N) is 2. The highest BCUT2D eigenvalue weighted by atomic mass is 16.5. The summed E-state index contributed by atoms with van der Waals surface area (Å²) in [6.45, 7) is 0.528. The lowest BCUT2D eigenvalue weighted by molar-refractivity contribution is 0.208. The summed E-state index contributed by atoms with van der Waals surface area (Å²) in [7, 11) is 0. The van der Waals surface area contributed by atoms with Gasteiger partial charge in [0.2, 0.25) is 0 Å². The Morgan fingerprint density at radius 3 is 2.45 bits per heavy atom. The van der Waals surface area contributed by atoms with Crippen LogP contribution in [-0.2, 0) is 24.2 Å². The van der Waals surface area contributed by atoms with E-state index in [1.807, 2.05) is 42.6 Å².